The predicted molar refractivity (Wildman–Crippen MR) is 73.1 cm³/mol. The number of aryl methyl sites for hydroxylation is 1. The molecule has 0 saturated carbocycles. The highest BCUT2D eigenvalue weighted by Crippen LogP contribution is 2.18. The molecular formula is C14H16N2O4. The van der Waals surface area contributed by atoms with Gasteiger partial charge in [0.15, 0.2) is 0 Å². The zero-order valence-electron chi connectivity index (χ0n) is 11.0. The van der Waals surface area contributed by atoms with E-state index in [0.717, 1.165) is 25.9 Å². The minimum absolute atomic E-state index is 0.183. The molecule has 1 aromatic heterocycles. The van der Waals surface area contributed by atoms with E-state index < -0.39 is 5.97 Å². The summed E-state index contributed by atoms with van der Waals surface area (Å²) in [7, 11) is 0. The van der Waals surface area contributed by atoms with Crippen LogP contribution >= 0.6 is 0 Å². The molecule has 0 aliphatic carbocycles. The van der Waals surface area contributed by atoms with Crippen LogP contribution in [0.3, 0.4) is 0 Å². The van der Waals surface area contributed by atoms with E-state index in [1.807, 2.05) is 0 Å². The van der Waals surface area contributed by atoms with Crippen molar-refractivity contribution < 1.29 is 14.6 Å². The average Bonchev–Trinajstić information content (AvgIpc) is 3.02. The van der Waals surface area contributed by atoms with Crippen LogP contribution < -0.4 is 5.69 Å². The Kier molecular flexibility index (Phi) is 3.31. The number of rotatable bonds is 4. The molecule has 20 heavy (non-hydrogen) atoms. The molecule has 2 aromatic rings. The van der Waals surface area contributed by atoms with Crippen molar-refractivity contribution in [1.29, 1.82) is 0 Å². The Balaban J connectivity index is 1.91. The first-order chi connectivity index (χ1) is 9.65. The van der Waals surface area contributed by atoms with Gasteiger partial charge in [0.1, 0.15) is 0 Å². The number of ether oxygens (including phenoxy) is 1. The molecule has 6 heteroatoms. The fourth-order valence-corrected chi connectivity index (χ4v) is 2.65. The Hall–Kier alpha value is -2.08. The molecule has 2 N–H and O–H groups in total. The highest BCUT2D eigenvalue weighted by molar-refractivity contribution is 5.92. The van der Waals surface area contributed by atoms with Crippen molar-refractivity contribution >= 4 is 17.0 Å². The second kappa shape index (κ2) is 5.13. The van der Waals surface area contributed by atoms with E-state index in [9.17, 15) is 9.59 Å². The molecule has 1 aliphatic heterocycles. The van der Waals surface area contributed by atoms with Crippen LogP contribution in [0.5, 0.6) is 0 Å². The van der Waals surface area contributed by atoms with Crippen LogP contribution in [0.4, 0.5) is 0 Å². The minimum Gasteiger partial charge on any atom is -0.478 e. The van der Waals surface area contributed by atoms with Crippen LogP contribution in [-0.2, 0) is 11.3 Å². The number of aromatic nitrogens is 2. The monoisotopic (exact) mass is 276 g/mol. The van der Waals surface area contributed by atoms with E-state index in [1.165, 1.54) is 12.1 Å². The average molecular weight is 276 g/mol. The Bertz CT molecular complexity index is 695. The lowest BCUT2D eigenvalue weighted by molar-refractivity contribution is 0.0697. The second-order valence-electron chi connectivity index (χ2n) is 5.04. The van der Waals surface area contributed by atoms with Gasteiger partial charge in [0.05, 0.1) is 22.7 Å². The number of carboxylic acid groups (broad SMARTS) is 1. The van der Waals surface area contributed by atoms with Crippen molar-refractivity contribution in [2.24, 2.45) is 0 Å². The fourth-order valence-electron chi connectivity index (χ4n) is 2.65. The van der Waals surface area contributed by atoms with Gasteiger partial charge in [-0.1, -0.05) is 0 Å². The highest BCUT2D eigenvalue weighted by atomic mass is 16.5. The van der Waals surface area contributed by atoms with Gasteiger partial charge < -0.3 is 14.8 Å². The zero-order chi connectivity index (χ0) is 14.1. The number of imidazole rings is 1. The van der Waals surface area contributed by atoms with E-state index in [4.69, 9.17) is 9.84 Å². The summed E-state index contributed by atoms with van der Waals surface area (Å²) in [5.41, 5.74) is 1.27. The van der Waals surface area contributed by atoms with Gasteiger partial charge in [0, 0.05) is 13.2 Å². The summed E-state index contributed by atoms with van der Waals surface area (Å²) in [6.45, 7) is 1.32. The minimum atomic E-state index is -0.994. The number of carbonyl (C=O) groups is 1. The molecule has 1 aliphatic rings. The SMILES string of the molecule is O=C(O)c1ccc2[nH]c(=O)n(CCC3CCCO3)c2c1. The molecule has 0 spiro atoms. The maximum absolute atomic E-state index is 11.9. The van der Waals surface area contributed by atoms with Crippen molar-refractivity contribution in [3.63, 3.8) is 0 Å². The molecule has 1 fully saturated rings. The van der Waals surface area contributed by atoms with E-state index >= 15 is 0 Å². The van der Waals surface area contributed by atoms with Gasteiger partial charge in [-0.05, 0) is 37.5 Å². The van der Waals surface area contributed by atoms with Crippen molar-refractivity contribution in [1.82, 2.24) is 9.55 Å². The summed E-state index contributed by atoms with van der Waals surface area (Å²) >= 11 is 0. The summed E-state index contributed by atoms with van der Waals surface area (Å²) in [5, 5.41) is 9.03. The van der Waals surface area contributed by atoms with Gasteiger partial charge in [-0.25, -0.2) is 9.59 Å². The molecule has 0 radical (unpaired) electrons. The lowest BCUT2D eigenvalue weighted by atomic mass is 10.1. The fraction of sp³-hybridized carbons (Fsp3) is 0.429. The number of carboxylic acids is 1. The molecule has 0 amide bonds. The number of aromatic carboxylic acids is 1. The van der Waals surface area contributed by atoms with Gasteiger partial charge in [-0.15, -0.1) is 0 Å². The molecule has 1 saturated heterocycles. The smallest absolute Gasteiger partial charge is 0.335 e. The third-order valence-corrected chi connectivity index (χ3v) is 3.72. The quantitative estimate of drug-likeness (QED) is 0.888. The van der Waals surface area contributed by atoms with Crippen molar-refractivity contribution in [3.05, 3.63) is 34.2 Å². The van der Waals surface area contributed by atoms with Gasteiger partial charge >= 0.3 is 11.7 Å². The summed E-state index contributed by atoms with van der Waals surface area (Å²) in [6, 6.07) is 4.65. The van der Waals surface area contributed by atoms with Crippen molar-refractivity contribution in [2.75, 3.05) is 6.61 Å². The zero-order valence-corrected chi connectivity index (χ0v) is 11.0. The maximum atomic E-state index is 11.9. The first kappa shape index (κ1) is 12.9. The Morgan fingerprint density at radius 2 is 2.35 bits per heavy atom. The third-order valence-electron chi connectivity index (χ3n) is 3.72. The Morgan fingerprint density at radius 3 is 3.05 bits per heavy atom. The largest absolute Gasteiger partial charge is 0.478 e. The molecule has 2 heterocycles. The summed E-state index contributed by atoms with van der Waals surface area (Å²) < 4.78 is 7.13. The van der Waals surface area contributed by atoms with Crippen LogP contribution in [0.2, 0.25) is 0 Å². The predicted octanol–water partition coefficient (Wildman–Crippen LogP) is 1.60. The molecule has 1 atom stereocenters. The number of aromatic amines is 1. The molecule has 6 nitrogen and oxygen atoms in total. The highest BCUT2D eigenvalue weighted by Gasteiger charge is 2.17. The molecule has 1 aromatic carbocycles. The normalized spacial score (nSPS) is 18.7. The molecule has 3 rings (SSSR count). The van der Waals surface area contributed by atoms with Crippen LogP contribution in [0.1, 0.15) is 29.6 Å². The Morgan fingerprint density at radius 1 is 1.50 bits per heavy atom. The number of H-pyrrole nitrogens is 1. The van der Waals surface area contributed by atoms with Crippen LogP contribution in [0.25, 0.3) is 11.0 Å². The van der Waals surface area contributed by atoms with E-state index in [0.29, 0.717) is 17.6 Å². The topological polar surface area (TPSA) is 84.3 Å². The van der Waals surface area contributed by atoms with Crippen LogP contribution in [0, 0.1) is 0 Å². The number of nitrogens with one attached hydrogen (secondary N) is 1. The molecular weight excluding hydrogens is 260 g/mol. The van der Waals surface area contributed by atoms with Gasteiger partial charge in [0.2, 0.25) is 0 Å². The Labute approximate surface area is 115 Å². The number of hydrogen-bond acceptors (Lipinski definition) is 3. The summed E-state index contributed by atoms with van der Waals surface area (Å²) in [6.07, 6.45) is 3.06. The van der Waals surface area contributed by atoms with E-state index in [2.05, 4.69) is 4.98 Å². The van der Waals surface area contributed by atoms with Crippen molar-refractivity contribution in [3.8, 4) is 0 Å². The molecule has 0 bridgehead atoms. The lowest BCUT2D eigenvalue weighted by Crippen LogP contribution is -2.20. The third kappa shape index (κ3) is 2.34. The van der Waals surface area contributed by atoms with Gasteiger partial charge in [-0.3, -0.25) is 4.57 Å². The number of fused-ring (bicyclic) bond motifs is 1. The summed E-state index contributed by atoms with van der Waals surface area (Å²) in [5.74, 6) is -0.994. The van der Waals surface area contributed by atoms with Gasteiger partial charge in [0.25, 0.3) is 0 Å². The first-order valence-corrected chi connectivity index (χ1v) is 6.72. The van der Waals surface area contributed by atoms with Crippen LogP contribution in [-0.4, -0.2) is 33.3 Å². The number of hydrogen-bond donors (Lipinski definition) is 2. The summed E-state index contributed by atoms with van der Waals surface area (Å²) in [4.78, 5) is 25.7. The van der Waals surface area contributed by atoms with Gasteiger partial charge in [-0.2, -0.15) is 0 Å². The molecule has 106 valence electrons. The van der Waals surface area contributed by atoms with E-state index in [1.54, 1.807) is 10.6 Å². The van der Waals surface area contributed by atoms with E-state index in [-0.39, 0.29) is 17.4 Å². The maximum Gasteiger partial charge on any atom is 0.335 e. The standard InChI is InChI=1S/C14H16N2O4/c17-13(18)9-3-4-11-12(8-9)16(14(19)15-11)6-5-10-2-1-7-20-10/h3-4,8,10H,1-2,5-7H2,(H,15,19)(H,17,18). The van der Waals surface area contributed by atoms with Crippen molar-refractivity contribution in [2.45, 2.75) is 31.9 Å². The number of nitrogens with zero attached hydrogens (tertiary/aromatic N) is 1. The number of benzene rings is 1. The lowest BCUT2D eigenvalue weighted by Gasteiger charge is -2.09. The first-order valence-electron chi connectivity index (χ1n) is 6.72. The second-order valence-corrected chi connectivity index (χ2v) is 5.04. The molecule has 1 unspecified atom stereocenters. The van der Waals surface area contributed by atoms with Crippen LogP contribution in [0.15, 0.2) is 23.0 Å².